The summed E-state index contributed by atoms with van der Waals surface area (Å²) in [6.07, 6.45) is 2.96. The number of carbonyl (C=O) groups excluding carboxylic acids is 1. The highest BCUT2D eigenvalue weighted by Gasteiger charge is 2.38. The molecule has 3 rings (SSSR count). The van der Waals surface area contributed by atoms with Gasteiger partial charge in [-0.05, 0) is 23.8 Å². The summed E-state index contributed by atoms with van der Waals surface area (Å²) in [5.41, 5.74) is 1.01. The Labute approximate surface area is 104 Å². The Kier molecular flexibility index (Phi) is 2.68. The molecule has 0 spiro atoms. The molecule has 2 aliphatic heterocycles. The number of methoxy groups -OCH3 is 1. The molecule has 0 saturated carbocycles. The fraction of sp³-hybridized carbons (Fsp3) is 0.308. The first-order chi connectivity index (χ1) is 8.78. The highest BCUT2D eigenvalue weighted by Crippen LogP contribution is 2.43. The number of hydrogen-bond acceptors (Lipinski definition) is 5. The van der Waals surface area contributed by atoms with Gasteiger partial charge in [-0.2, -0.15) is 0 Å². The summed E-state index contributed by atoms with van der Waals surface area (Å²) in [6, 6.07) is 5.70. The first-order valence-electron chi connectivity index (χ1n) is 5.59. The smallest absolute Gasteiger partial charge is 0.330 e. The van der Waals surface area contributed by atoms with E-state index in [-0.39, 0.29) is 25.0 Å². The van der Waals surface area contributed by atoms with Crippen molar-refractivity contribution in [3.05, 3.63) is 35.9 Å². The van der Waals surface area contributed by atoms with Gasteiger partial charge in [0.15, 0.2) is 11.5 Å². The molecule has 1 fully saturated rings. The van der Waals surface area contributed by atoms with Gasteiger partial charge in [-0.15, -0.1) is 0 Å². The molecule has 1 aromatic rings. The second kappa shape index (κ2) is 4.34. The second-order valence-electron chi connectivity index (χ2n) is 4.02. The van der Waals surface area contributed by atoms with Crippen LogP contribution in [0.4, 0.5) is 0 Å². The molecule has 2 atom stereocenters. The Morgan fingerprint density at radius 2 is 2.22 bits per heavy atom. The van der Waals surface area contributed by atoms with Crippen LogP contribution in [-0.2, 0) is 14.3 Å². The Hall–Kier alpha value is -2.01. The summed E-state index contributed by atoms with van der Waals surface area (Å²) in [7, 11) is 1.34. The number of benzene rings is 1. The number of rotatable bonds is 3. The SMILES string of the molecule is COC(=O)/C=C/[C@@H]1O[C@@H]1c1ccc2c(c1)OCO2. The minimum absolute atomic E-state index is 0.0274. The van der Waals surface area contributed by atoms with Crippen LogP contribution in [0.5, 0.6) is 11.5 Å². The van der Waals surface area contributed by atoms with Crippen molar-refractivity contribution >= 4 is 5.97 Å². The van der Waals surface area contributed by atoms with E-state index in [9.17, 15) is 4.79 Å². The van der Waals surface area contributed by atoms with Crippen LogP contribution in [0.25, 0.3) is 0 Å². The molecule has 0 aliphatic carbocycles. The minimum atomic E-state index is -0.380. The normalized spacial score (nSPS) is 24.3. The standard InChI is InChI=1S/C13H12O5/c1-15-12(14)5-4-10-13(18-10)8-2-3-9-11(6-8)17-7-16-9/h2-6,10,13H,7H2,1H3/b5-4+/t10-,13+/m0/s1. The van der Waals surface area contributed by atoms with Crippen molar-refractivity contribution in [3.8, 4) is 11.5 Å². The van der Waals surface area contributed by atoms with Gasteiger partial charge < -0.3 is 18.9 Å². The average Bonchev–Trinajstić information content (AvgIpc) is 3.03. The molecule has 1 aromatic carbocycles. The van der Waals surface area contributed by atoms with Gasteiger partial charge in [0.25, 0.3) is 0 Å². The highest BCUT2D eigenvalue weighted by atomic mass is 16.7. The van der Waals surface area contributed by atoms with E-state index in [1.807, 2.05) is 18.2 Å². The van der Waals surface area contributed by atoms with Crippen LogP contribution in [-0.4, -0.2) is 26.0 Å². The molecule has 0 amide bonds. The fourth-order valence-electron chi connectivity index (χ4n) is 1.87. The van der Waals surface area contributed by atoms with Crippen molar-refractivity contribution in [3.63, 3.8) is 0 Å². The first-order valence-corrected chi connectivity index (χ1v) is 5.59. The lowest BCUT2D eigenvalue weighted by Crippen LogP contribution is -1.95. The fourth-order valence-corrected chi connectivity index (χ4v) is 1.87. The van der Waals surface area contributed by atoms with Gasteiger partial charge >= 0.3 is 5.97 Å². The third-order valence-electron chi connectivity index (χ3n) is 2.87. The molecule has 0 radical (unpaired) electrons. The molecule has 18 heavy (non-hydrogen) atoms. The molecule has 2 heterocycles. The predicted octanol–water partition coefficient (Wildman–Crippen LogP) is 1.58. The quantitative estimate of drug-likeness (QED) is 0.462. The molecule has 0 N–H and O–H groups in total. The van der Waals surface area contributed by atoms with Crippen LogP contribution in [0.2, 0.25) is 0 Å². The second-order valence-corrected chi connectivity index (χ2v) is 4.02. The largest absolute Gasteiger partial charge is 0.466 e. The van der Waals surface area contributed by atoms with Gasteiger partial charge in [0, 0.05) is 6.08 Å². The van der Waals surface area contributed by atoms with Crippen molar-refractivity contribution in [1.29, 1.82) is 0 Å². The molecule has 94 valence electrons. The Bertz CT molecular complexity index is 508. The van der Waals surface area contributed by atoms with Crippen LogP contribution in [0.1, 0.15) is 11.7 Å². The van der Waals surface area contributed by atoms with Crippen LogP contribution < -0.4 is 9.47 Å². The molecular formula is C13H12O5. The molecule has 5 nitrogen and oxygen atoms in total. The molecule has 0 unspecified atom stereocenters. The maximum atomic E-state index is 10.9. The maximum absolute atomic E-state index is 10.9. The molecule has 1 saturated heterocycles. The number of hydrogen-bond donors (Lipinski definition) is 0. The van der Waals surface area contributed by atoms with Gasteiger partial charge in [-0.1, -0.05) is 6.07 Å². The molecule has 0 bridgehead atoms. The van der Waals surface area contributed by atoms with Crippen molar-refractivity contribution in [2.75, 3.05) is 13.9 Å². The lowest BCUT2D eigenvalue weighted by molar-refractivity contribution is -0.134. The van der Waals surface area contributed by atoms with Gasteiger partial charge in [0.2, 0.25) is 6.79 Å². The third-order valence-corrected chi connectivity index (χ3v) is 2.87. The Morgan fingerprint density at radius 1 is 1.39 bits per heavy atom. The summed E-state index contributed by atoms with van der Waals surface area (Å²) in [6.45, 7) is 0.260. The van der Waals surface area contributed by atoms with Gasteiger partial charge in [0.05, 0.1) is 7.11 Å². The van der Waals surface area contributed by atoms with E-state index in [2.05, 4.69) is 4.74 Å². The van der Waals surface area contributed by atoms with Gasteiger partial charge in [0.1, 0.15) is 12.2 Å². The van der Waals surface area contributed by atoms with Crippen molar-refractivity contribution in [2.45, 2.75) is 12.2 Å². The van der Waals surface area contributed by atoms with Crippen molar-refractivity contribution in [1.82, 2.24) is 0 Å². The topological polar surface area (TPSA) is 57.3 Å². The number of carbonyl (C=O) groups is 1. The van der Waals surface area contributed by atoms with E-state index >= 15 is 0 Å². The molecular weight excluding hydrogens is 236 g/mol. The van der Waals surface area contributed by atoms with Crippen molar-refractivity contribution < 1.29 is 23.7 Å². The van der Waals surface area contributed by atoms with E-state index in [0.717, 1.165) is 17.1 Å². The van der Waals surface area contributed by atoms with Gasteiger partial charge in [-0.3, -0.25) is 0 Å². The first kappa shape index (κ1) is 11.1. The van der Waals surface area contributed by atoms with E-state index < -0.39 is 0 Å². The van der Waals surface area contributed by atoms with Crippen LogP contribution in [0.15, 0.2) is 30.4 Å². The number of esters is 1. The Balaban J connectivity index is 1.67. The van der Waals surface area contributed by atoms with Gasteiger partial charge in [-0.25, -0.2) is 4.79 Å². The number of epoxide rings is 1. The summed E-state index contributed by atoms with van der Waals surface area (Å²) >= 11 is 0. The van der Waals surface area contributed by atoms with Crippen LogP contribution in [0.3, 0.4) is 0 Å². The van der Waals surface area contributed by atoms with Crippen molar-refractivity contribution in [2.24, 2.45) is 0 Å². The molecule has 5 heteroatoms. The third kappa shape index (κ3) is 2.04. The lowest BCUT2D eigenvalue weighted by Gasteiger charge is -1.98. The number of fused-ring (bicyclic) bond motifs is 1. The Morgan fingerprint density at radius 3 is 3.06 bits per heavy atom. The zero-order chi connectivity index (χ0) is 12.5. The zero-order valence-electron chi connectivity index (χ0n) is 9.79. The number of ether oxygens (including phenoxy) is 4. The predicted molar refractivity (Wildman–Crippen MR) is 61.3 cm³/mol. The summed E-state index contributed by atoms with van der Waals surface area (Å²) < 4.78 is 20.5. The monoisotopic (exact) mass is 248 g/mol. The van der Waals surface area contributed by atoms with E-state index in [1.165, 1.54) is 13.2 Å². The van der Waals surface area contributed by atoms with E-state index in [1.54, 1.807) is 6.08 Å². The summed E-state index contributed by atoms with van der Waals surface area (Å²) in [5, 5.41) is 0. The summed E-state index contributed by atoms with van der Waals surface area (Å²) in [4.78, 5) is 10.9. The summed E-state index contributed by atoms with van der Waals surface area (Å²) in [5.74, 6) is 1.11. The molecule has 0 aromatic heterocycles. The van der Waals surface area contributed by atoms with Crippen LogP contribution >= 0.6 is 0 Å². The zero-order valence-corrected chi connectivity index (χ0v) is 9.79. The maximum Gasteiger partial charge on any atom is 0.330 e. The minimum Gasteiger partial charge on any atom is -0.466 e. The van der Waals surface area contributed by atoms with E-state index in [4.69, 9.17) is 14.2 Å². The van der Waals surface area contributed by atoms with E-state index in [0.29, 0.717) is 0 Å². The highest BCUT2D eigenvalue weighted by molar-refractivity contribution is 5.81. The lowest BCUT2D eigenvalue weighted by atomic mass is 10.1. The average molecular weight is 248 g/mol. The van der Waals surface area contributed by atoms with Crippen LogP contribution in [0, 0.1) is 0 Å². The molecule has 2 aliphatic rings.